The molecule has 16 heavy (non-hydrogen) atoms. The molecule has 0 aliphatic rings. The van der Waals surface area contributed by atoms with Crippen molar-refractivity contribution in [3.63, 3.8) is 0 Å². The van der Waals surface area contributed by atoms with Gasteiger partial charge in [-0.25, -0.2) is 0 Å². The summed E-state index contributed by atoms with van der Waals surface area (Å²) in [5.74, 6) is -0.0743. The van der Waals surface area contributed by atoms with Crippen LogP contribution in [0.1, 0.15) is 52.4 Å². The number of ether oxygens (including phenoxy) is 1. The van der Waals surface area contributed by atoms with Crippen LogP contribution in [0, 0.1) is 0 Å². The van der Waals surface area contributed by atoms with Gasteiger partial charge in [-0.2, -0.15) is 0 Å². The molecule has 0 aromatic heterocycles. The van der Waals surface area contributed by atoms with Gasteiger partial charge in [0.25, 0.3) is 0 Å². The average Bonchev–Trinajstić information content (AvgIpc) is 2.28. The van der Waals surface area contributed by atoms with Crippen LogP contribution in [-0.2, 0) is 9.53 Å². The largest absolute Gasteiger partial charge is 0.465 e. The van der Waals surface area contributed by atoms with Crippen molar-refractivity contribution < 1.29 is 9.53 Å². The van der Waals surface area contributed by atoms with E-state index < -0.39 is 0 Å². The van der Waals surface area contributed by atoms with Gasteiger partial charge in [-0.1, -0.05) is 38.2 Å². The molecule has 2 nitrogen and oxygen atoms in total. The van der Waals surface area contributed by atoms with E-state index in [1.54, 1.807) is 0 Å². The van der Waals surface area contributed by atoms with E-state index in [9.17, 15) is 4.79 Å². The lowest BCUT2D eigenvalue weighted by Crippen LogP contribution is -2.04. The zero-order chi connectivity index (χ0) is 12.1. The van der Waals surface area contributed by atoms with Gasteiger partial charge >= 0.3 is 5.97 Å². The van der Waals surface area contributed by atoms with E-state index in [2.05, 4.69) is 38.2 Å². The molecule has 0 fully saturated rings. The molecular formula is C14H24O2. The van der Waals surface area contributed by atoms with Gasteiger partial charge in [0.15, 0.2) is 0 Å². The van der Waals surface area contributed by atoms with Gasteiger partial charge in [0, 0.05) is 6.42 Å². The Hall–Kier alpha value is -1.05. The monoisotopic (exact) mass is 224 g/mol. The molecule has 0 aliphatic carbocycles. The van der Waals surface area contributed by atoms with Crippen LogP contribution in [0.25, 0.3) is 0 Å². The van der Waals surface area contributed by atoms with E-state index >= 15 is 0 Å². The summed E-state index contributed by atoms with van der Waals surface area (Å²) in [7, 11) is 0. The zero-order valence-corrected chi connectivity index (χ0v) is 10.6. The number of carbonyl (C=O) groups is 1. The molecule has 92 valence electrons. The molecule has 0 radical (unpaired) electrons. The second-order valence-electron chi connectivity index (χ2n) is 3.66. The maximum absolute atomic E-state index is 11.2. The first-order chi connectivity index (χ1) is 7.81. The molecule has 0 rings (SSSR count). The average molecular weight is 224 g/mol. The fourth-order valence-corrected chi connectivity index (χ4v) is 1.25. The minimum absolute atomic E-state index is 0.0743. The van der Waals surface area contributed by atoms with E-state index in [-0.39, 0.29) is 5.97 Å². The van der Waals surface area contributed by atoms with Crippen LogP contribution >= 0.6 is 0 Å². The Kier molecular flexibility index (Phi) is 11.2. The lowest BCUT2D eigenvalue weighted by molar-refractivity contribution is -0.143. The number of hydrogen-bond acceptors (Lipinski definition) is 2. The van der Waals surface area contributed by atoms with Crippen LogP contribution in [0.15, 0.2) is 24.3 Å². The molecule has 0 aromatic carbocycles. The van der Waals surface area contributed by atoms with E-state index in [0.717, 1.165) is 32.1 Å². The highest BCUT2D eigenvalue weighted by Gasteiger charge is 1.99. The van der Waals surface area contributed by atoms with Crippen LogP contribution < -0.4 is 0 Å². The molecule has 0 saturated carbocycles. The number of unbranched alkanes of at least 4 members (excludes halogenated alkanes) is 1. The summed E-state index contributed by atoms with van der Waals surface area (Å²) in [5.41, 5.74) is 0. The first kappa shape index (κ1) is 14.9. The number of allylic oxidation sites excluding steroid dienone is 3. The first-order valence-electron chi connectivity index (χ1n) is 6.26. The van der Waals surface area contributed by atoms with Crippen molar-refractivity contribution >= 4 is 5.97 Å². The molecule has 0 spiro atoms. The maximum Gasteiger partial charge on any atom is 0.305 e. The zero-order valence-electron chi connectivity index (χ0n) is 10.6. The third-order valence-electron chi connectivity index (χ3n) is 2.10. The van der Waals surface area contributed by atoms with Gasteiger partial charge in [0.2, 0.25) is 0 Å². The third kappa shape index (κ3) is 11.0. The predicted octanol–water partition coefficient (Wildman–Crippen LogP) is 4.02. The Morgan fingerprint density at radius 3 is 2.25 bits per heavy atom. The number of hydrogen-bond donors (Lipinski definition) is 0. The Morgan fingerprint density at radius 1 is 1.00 bits per heavy atom. The van der Waals surface area contributed by atoms with Crippen molar-refractivity contribution in [2.24, 2.45) is 0 Å². The third-order valence-corrected chi connectivity index (χ3v) is 2.10. The van der Waals surface area contributed by atoms with Crippen molar-refractivity contribution in [3.05, 3.63) is 24.3 Å². The molecule has 0 heterocycles. The van der Waals surface area contributed by atoms with Crippen molar-refractivity contribution in [1.29, 1.82) is 0 Å². The fourth-order valence-electron chi connectivity index (χ4n) is 1.25. The quantitative estimate of drug-likeness (QED) is 0.336. The Labute approximate surface area is 99.4 Å². The first-order valence-corrected chi connectivity index (χ1v) is 6.26. The van der Waals surface area contributed by atoms with E-state index in [1.165, 1.54) is 0 Å². The Balaban J connectivity index is 3.31. The molecule has 0 N–H and O–H groups in total. The SMILES string of the molecule is CC/C=C\CCCC(=O)OCC/C=C\CC. The number of rotatable bonds is 9. The van der Waals surface area contributed by atoms with Gasteiger partial charge in [-0.3, -0.25) is 4.79 Å². The van der Waals surface area contributed by atoms with Crippen LogP contribution in [0.5, 0.6) is 0 Å². The minimum Gasteiger partial charge on any atom is -0.465 e. The highest BCUT2D eigenvalue weighted by molar-refractivity contribution is 5.69. The van der Waals surface area contributed by atoms with Crippen molar-refractivity contribution in [2.45, 2.75) is 52.4 Å². The molecule has 0 bridgehead atoms. The van der Waals surface area contributed by atoms with E-state index in [4.69, 9.17) is 4.74 Å². The molecule has 0 atom stereocenters. The second kappa shape index (κ2) is 12.0. The molecule has 0 amide bonds. The maximum atomic E-state index is 11.2. The molecule has 2 heteroatoms. The lowest BCUT2D eigenvalue weighted by Gasteiger charge is -2.01. The topological polar surface area (TPSA) is 26.3 Å². The Morgan fingerprint density at radius 2 is 1.62 bits per heavy atom. The van der Waals surface area contributed by atoms with Gasteiger partial charge in [-0.15, -0.1) is 0 Å². The van der Waals surface area contributed by atoms with E-state index in [0.29, 0.717) is 13.0 Å². The van der Waals surface area contributed by atoms with Gasteiger partial charge < -0.3 is 4.74 Å². The Bertz CT molecular complexity index is 195. The van der Waals surface area contributed by atoms with Crippen LogP contribution in [0.4, 0.5) is 0 Å². The highest BCUT2D eigenvalue weighted by Crippen LogP contribution is 2.00. The minimum atomic E-state index is -0.0743. The lowest BCUT2D eigenvalue weighted by atomic mass is 10.2. The summed E-state index contributed by atoms with van der Waals surface area (Å²) in [6.07, 6.45) is 13.7. The van der Waals surface area contributed by atoms with Crippen molar-refractivity contribution in [3.8, 4) is 0 Å². The van der Waals surface area contributed by atoms with Crippen LogP contribution in [-0.4, -0.2) is 12.6 Å². The summed E-state index contributed by atoms with van der Waals surface area (Å²) in [6.45, 7) is 4.71. The van der Waals surface area contributed by atoms with Gasteiger partial charge in [0.1, 0.15) is 0 Å². The van der Waals surface area contributed by atoms with Crippen LogP contribution in [0.3, 0.4) is 0 Å². The van der Waals surface area contributed by atoms with E-state index in [1.807, 2.05) is 0 Å². The second-order valence-corrected chi connectivity index (χ2v) is 3.66. The molecule has 0 saturated heterocycles. The normalized spacial score (nSPS) is 11.4. The summed E-state index contributed by atoms with van der Waals surface area (Å²) in [4.78, 5) is 11.2. The molecular weight excluding hydrogens is 200 g/mol. The standard InChI is InChI=1S/C14H24O2/c1-3-5-7-9-10-12-14(15)16-13-11-8-6-4-2/h5-8H,3-4,9-13H2,1-2H3/b7-5-,8-6-. The summed E-state index contributed by atoms with van der Waals surface area (Å²) in [5, 5.41) is 0. The van der Waals surface area contributed by atoms with Crippen molar-refractivity contribution in [1.82, 2.24) is 0 Å². The summed E-state index contributed by atoms with van der Waals surface area (Å²) >= 11 is 0. The smallest absolute Gasteiger partial charge is 0.305 e. The fraction of sp³-hybridized carbons (Fsp3) is 0.643. The van der Waals surface area contributed by atoms with Crippen LogP contribution in [0.2, 0.25) is 0 Å². The number of esters is 1. The predicted molar refractivity (Wildman–Crippen MR) is 68.3 cm³/mol. The molecule has 0 aliphatic heterocycles. The van der Waals surface area contributed by atoms with Crippen molar-refractivity contribution in [2.75, 3.05) is 6.61 Å². The summed E-state index contributed by atoms with van der Waals surface area (Å²) < 4.78 is 5.08. The molecule has 0 unspecified atom stereocenters. The summed E-state index contributed by atoms with van der Waals surface area (Å²) in [6, 6.07) is 0. The highest BCUT2D eigenvalue weighted by atomic mass is 16.5. The molecule has 0 aromatic rings. The van der Waals surface area contributed by atoms with Gasteiger partial charge in [0.05, 0.1) is 6.61 Å². The number of carbonyl (C=O) groups excluding carboxylic acids is 1. The van der Waals surface area contributed by atoms with Gasteiger partial charge in [-0.05, 0) is 32.1 Å².